The number of hydrogen-bond donors (Lipinski definition) is 1. The Labute approximate surface area is 212 Å². The first-order chi connectivity index (χ1) is 18.5. The smallest absolute Gasteiger partial charge is 0.415 e. The molecule has 194 valence electrons. The van der Waals surface area contributed by atoms with Crippen molar-refractivity contribution in [3.05, 3.63) is 82.4 Å². The fraction of sp³-hybridized carbons (Fsp3) is 0.240. The Morgan fingerprint density at radius 1 is 1.11 bits per heavy atom. The second-order valence-corrected chi connectivity index (χ2v) is 8.56. The first-order valence-corrected chi connectivity index (χ1v) is 11.6. The van der Waals surface area contributed by atoms with Crippen molar-refractivity contribution >= 4 is 11.1 Å². The highest BCUT2D eigenvalue weighted by atomic mass is 19.3. The van der Waals surface area contributed by atoms with Crippen LogP contribution in [0.4, 0.5) is 13.2 Å². The van der Waals surface area contributed by atoms with Gasteiger partial charge in [-0.3, -0.25) is 14.5 Å². The van der Waals surface area contributed by atoms with Gasteiger partial charge in [0.05, 0.1) is 48.3 Å². The Bertz CT molecular complexity index is 1660. The van der Waals surface area contributed by atoms with Crippen LogP contribution < -0.4 is 11.1 Å². The lowest BCUT2D eigenvalue weighted by Crippen LogP contribution is -2.35. The van der Waals surface area contributed by atoms with E-state index < -0.39 is 23.9 Å². The molecule has 1 N–H and O–H groups in total. The maximum Gasteiger partial charge on any atom is 0.420 e. The van der Waals surface area contributed by atoms with E-state index in [9.17, 15) is 13.6 Å². The number of ether oxygens (including phenoxy) is 1. The van der Waals surface area contributed by atoms with Crippen molar-refractivity contribution in [2.24, 2.45) is 0 Å². The third kappa shape index (κ3) is 4.46. The van der Waals surface area contributed by atoms with E-state index in [1.807, 2.05) is 0 Å². The number of hydrogen-bond acceptors (Lipinski definition) is 9. The van der Waals surface area contributed by atoms with Crippen molar-refractivity contribution in [2.75, 3.05) is 19.8 Å². The first kappa shape index (κ1) is 24.0. The fourth-order valence-corrected chi connectivity index (χ4v) is 4.35. The van der Waals surface area contributed by atoms with Crippen molar-refractivity contribution in [2.45, 2.75) is 19.0 Å². The van der Waals surface area contributed by atoms with Crippen LogP contribution >= 0.6 is 0 Å². The summed E-state index contributed by atoms with van der Waals surface area (Å²) in [5.41, 5.74) is 2.69. The highest BCUT2D eigenvalue weighted by Crippen LogP contribution is 2.32. The largest absolute Gasteiger partial charge is 0.420 e. The highest BCUT2D eigenvalue weighted by Gasteiger charge is 2.23. The molecule has 0 spiro atoms. The molecule has 13 heteroatoms. The van der Waals surface area contributed by atoms with Crippen LogP contribution in [0, 0.1) is 5.82 Å². The predicted molar refractivity (Wildman–Crippen MR) is 127 cm³/mol. The minimum absolute atomic E-state index is 0.0154. The van der Waals surface area contributed by atoms with Gasteiger partial charge in [0.25, 0.3) is 5.89 Å². The summed E-state index contributed by atoms with van der Waals surface area (Å²) in [4.78, 5) is 21.4. The van der Waals surface area contributed by atoms with Gasteiger partial charge in [-0.05, 0) is 24.3 Å². The topological polar surface area (TPSA) is 121 Å². The van der Waals surface area contributed by atoms with Gasteiger partial charge in [-0.2, -0.15) is 8.78 Å². The molecule has 0 bridgehead atoms. The molecule has 4 aromatic heterocycles. The monoisotopic (exact) mass is 524 g/mol. The van der Waals surface area contributed by atoms with Crippen LogP contribution in [0.15, 0.2) is 62.4 Å². The molecular formula is C25H19F3N6O4. The maximum absolute atomic E-state index is 15.5. The Hall–Kier alpha value is -4.36. The number of morpholine rings is 1. The Kier molecular flexibility index (Phi) is 6.21. The molecule has 1 aromatic carbocycles. The molecule has 0 saturated carbocycles. The van der Waals surface area contributed by atoms with Crippen LogP contribution in [-0.2, 0) is 11.3 Å². The molecule has 1 unspecified atom stereocenters. The summed E-state index contributed by atoms with van der Waals surface area (Å²) < 4.78 is 58.0. The summed E-state index contributed by atoms with van der Waals surface area (Å²) in [6.07, 6.45) is 0.113. The average Bonchev–Trinajstić information content (AvgIpc) is 3.55. The van der Waals surface area contributed by atoms with Crippen LogP contribution in [0.1, 0.15) is 29.7 Å². The van der Waals surface area contributed by atoms with Crippen molar-refractivity contribution in [1.29, 1.82) is 0 Å². The van der Waals surface area contributed by atoms with E-state index in [0.717, 1.165) is 0 Å². The molecule has 1 atom stereocenters. The van der Waals surface area contributed by atoms with Gasteiger partial charge in [0.2, 0.25) is 5.89 Å². The predicted octanol–water partition coefficient (Wildman–Crippen LogP) is 3.89. The van der Waals surface area contributed by atoms with Gasteiger partial charge >= 0.3 is 12.2 Å². The molecule has 0 radical (unpaired) electrons. The van der Waals surface area contributed by atoms with Gasteiger partial charge in [-0.25, -0.2) is 9.18 Å². The SMILES string of the molecule is O=c1oc2cc(-c3cccnc3C3COCCN3)c(F)cc2n1Cc1ccc(-c2nnc(C(F)F)o2)cn1. The third-order valence-corrected chi connectivity index (χ3v) is 6.16. The lowest BCUT2D eigenvalue weighted by Gasteiger charge is -2.25. The zero-order valence-electron chi connectivity index (χ0n) is 19.6. The molecule has 38 heavy (non-hydrogen) atoms. The van der Waals surface area contributed by atoms with Gasteiger partial charge in [0, 0.05) is 36.1 Å². The molecule has 1 aliphatic heterocycles. The zero-order chi connectivity index (χ0) is 26.2. The molecule has 0 amide bonds. The molecule has 0 aliphatic carbocycles. The average molecular weight is 524 g/mol. The van der Waals surface area contributed by atoms with Gasteiger partial charge in [0.15, 0.2) is 5.58 Å². The Morgan fingerprint density at radius 2 is 2.00 bits per heavy atom. The van der Waals surface area contributed by atoms with E-state index in [0.29, 0.717) is 42.3 Å². The maximum atomic E-state index is 15.5. The lowest BCUT2D eigenvalue weighted by atomic mass is 9.98. The Balaban J connectivity index is 1.31. The number of benzene rings is 1. The molecule has 1 fully saturated rings. The van der Waals surface area contributed by atoms with E-state index in [2.05, 4.69) is 25.5 Å². The number of nitrogens with zero attached hydrogens (tertiary/aromatic N) is 5. The van der Waals surface area contributed by atoms with E-state index in [1.165, 1.54) is 22.9 Å². The number of halogens is 3. The molecule has 6 rings (SSSR count). The minimum Gasteiger partial charge on any atom is -0.415 e. The standard InChI is InChI=1S/C25H19F3N6O4/c26-17-9-19-20(8-16(17)15-2-1-5-30-21(15)18-12-36-7-6-29-18)37-25(35)34(19)11-14-4-3-13(10-31-14)23-32-33-24(38-23)22(27)28/h1-5,8-10,18,22,29H,6-7,11-12H2. The number of aromatic nitrogens is 5. The van der Waals surface area contributed by atoms with E-state index in [1.54, 1.807) is 30.5 Å². The van der Waals surface area contributed by atoms with Gasteiger partial charge in [-0.1, -0.05) is 6.07 Å². The van der Waals surface area contributed by atoms with Gasteiger partial charge < -0.3 is 18.9 Å². The van der Waals surface area contributed by atoms with E-state index in [-0.39, 0.29) is 35.1 Å². The number of rotatable bonds is 6. The normalized spacial score (nSPS) is 15.9. The molecule has 1 aliphatic rings. The van der Waals surface area contributed by atoms with Crippen LogP contribution in [0.25, 0.3) is 33.7 Å². The summed E-state index contributed by atoms with van der Waals surface area (Å²) in [5, 5.41) is 10.2. The zero-order valence-corrected chi connectivity index (χ0v) is 19.6. The lowest BCUT2D eigenvalue weighted by molar-refractivity contribution is 0.0758. The van der Waals surface area contributed by atoms with Crippen molar-refractivity contribution in [3.63, 3.8) is 0 Å². The first-order valence-electron chi connectivity index (χ1n) is 11.6. The van der Waals surface area contributed by atoms with Gasteiger partial charge in [0.1, 0.15) is 5.82 Å². The summed E-state index contributed by atoms with van der Waals surface area (Å²) in [6, 6.07) is 9.12. The number of fused-ring (bicyclic) bond motifs is 1. The highest BCUT2D eigenvalue weighted by molar-refractivity contribution is 5.82. The molecule has 10 nitrogen and oxygen atoms in total. The summed E-state index contributed by atoms with van der Waals surface area (Å²) in [6.45, 7) is 1.63. The van der Waals surface area contributed by atoms with Crippen molar-refractivity contribution in [1.82, 2.24) is 30.0 Å². The fourth-order valence-electron chi connectivity index (χ4n) is 4.35. The second kappa shape index (κ2) is 9.84. The summed E-state index contributed by atoms with van der Waals surface area (Å²) in [7, 11) is 0. The van der Waals surface area contributed by atoms with Crippen LogP contribution in [-0.4, -0.2) is 44.5 Å². The molecule has 5 heterocycles. The quantitative estimate of drug-likeness (QED) is 0.353. The number of nitrogens with one attached hydrogen (secondary N) is 1. The minimum atomic E-state index is -2.88. The van der Waals surface area contributed by atoms with E-state index in [4.69, 9.17) is 13.6 Å². The third-order valence-electron chi connectivity index (χ3n) is 6.16. The van der Waals surface area contributed by atoms with Crippen LogP contribution in [0.5, 0.6) is 0 Å². The number of oxazole rings is 1. The number of alkyl halides is 2. The van der Waals surface area contributed by atoms with E-state index >= 15 is 4.39 Å². The second-order valence-electron chi connectivity index (χ2n) is 8.56. The van der Waals surface area contributed by atoms with Crippen molar-refractivity contribution in [3.8, 4) is 22.6 Å². The molecular weight excluding hydrogens is 505 g/mol. The van der Waals surface area contributed by atoms with Crippen LogP contribution in [0.2, 0.25) is 0 Å². The Morgan fingerprint density at radius 3 is 2.74 bits per heavy atom. The van der Waals surface area contributed by atoms with Gasteiger partial charge in [-0.15, -0.1) is 10.2 Å². The number of pyridine rings is 2. The summed E-state index contributed by atoms with van der Waals surface area (Å²) >= 11 is 0. The molecule has 1 saturated heterocycles. The summed E-state index contributed by atoms with van der Waals surface area (Å²) in [5.74, 6) is -2.13. The van der Waals surface area contributed by atoms with Crippen LogP contribution in [0.3, 0.4) is 0 Å². The van der Waals surface area contributed by atoms with Crippen molar-refractivity contribution < 1.29 is 26.7 Å². The molecule has 5 aromatic rings.